The molecule has 6 nitrogen and oxygen atoms in total. The molecular formula is C22H19FN4O2S. The number of nitrogens with one attached hydrogen (secondary N) is 1. The maximum absolute atomic E-state index is 13.1. The van der Waals surface area contributed by atoms with Gasteiger partial charge in [0.05, 0.1) is 4.88 Å². The first kappa shape index (κ1) is 19.9. The third-order valence-corrected chi connectivity index (χ3v) is 5.67. The second-order valence-electron chi connectivity index (χ2n) is 7.06. The zero-order valence-electron chi connectivity index (χ0n) is 16.4. The number of thiophene rings is 1. The second kappa shape index (κ2) is 8.54. The van der Waals surface area contributed by atoms with Gasteiger partial charge in [-0.2, -0.15) is 4.98 Å². The molecule has 0 bridgehead atoms. The van der Waals surface area contributed by atoms with Crippen molar-refractivity contribution in [3.8, 4) is 21.8 Å². The monoisotopic (exact) mass is 422 g/mol. The smallest absolute Gasteiger partial charge is 0.262 e. The van der Waals surface area contributed by atoms with Gasteiger partial charge in [-0.1, -0.05) is 31.1 Å². The Balaban J connectivity index is 1.52. The summed E-state index contributed by atoms with van der Waals surface area (Å²) >= 11 is 1.34. The zero-order chi connectivity index (χ0) is 21.1. The summed E-state index contributed by atoms with van der Waals surface area (Å²) in [5.74, 6) is 0.277. The number of halogens is 1. The van der Waals surface area contributed by atoms with E-state index in [0.29, 0.717) is 16.6 Å². The second-order valence-corrected chi connectivity index (χ2v) is 8.15. The summed E-state index contributed by atoms with van der Waals surface area (Å²) in [7, 11) is 0. The summed E-state index contributed by atoms with van der Waals surface area (Å²) in [4.78, 5) is 22.8. The summed E-state index contributed by atoms with van der Waals surface area (Å²) in [6.45, 7) is 3.94. The molecule has 0 saturated carbocycles. The molecule has 1 amide bonds. The highest BCUT2D eigenvalue weighted by molar-refractivity contribution is 7.17. The van der Waals surface area contributed by atoms with Crippen LogP contribution in [0.2, 0.25) is 0 Å². The van der Waals surface area contributed by atoms with E-state index in [-0.39, 0.29) is 17.6 Å². The van der Waals surface area contributed by atoms with Crippen LogP contribution in [0.3, 0.4) is 0 Å². The summed E-state index contributed by atoms with van der Waals surface area (Å²) in [6, 6.07) is 13.0. The van der Waals surface area contributed by atoms with Crippen molar-refractivity contribution in [1.82, 2.24) is 20.4 Å². The fourth-order valence-corrected chi connectivity index (χ4v) is 3.84. The Hall–Kier alpha value is -3.39. The van der Waals surface area contributed by atoms with Crippen molar-refractivity contribution in [3.63, 3.8) is 0 Å². The quantitative estimate of drug-likeness (QED) is 0.466. The van der Waals surface area contributed by atoms with Crippen molar-refractivity contribution >= 4 is 17.2 Å². The summed E-state index contributed by atoms with van der Waals surface area (Å²) in [5.41, 5.74) is 1.60. The van der Waals surface area contributed by atoms with E-state index in [2.05, 4.69) is 20.4 Å². The molecule has 1 atom stereocenters. The Kier molecular flexibility index (Phi) is 5.67. The molecule has 1 aromatic carbocycles. The molecule has 0 fully saturated rings. The van der Waals surface area contributed by atoms with E-state index in [4.69, 9.17) is 4.52 Å². The summed E-state index contributed by atoms with van der Waals surface area (Å²) < 4.78 is 18.6. The van der Waals surface area contributed by atoms with Crippen LogP contribution >= 0.6 is 11.3 Å². The van der Waals surface area contributed by atoms with Crippen LogP contribution in [-0.2, 0) is 0 Å². The third kappa shape index (κ3) is 4.28. The highest BCUT2D eigenvalue weighted by Crippen LogP contribution is 2.29. The van der Waals surface area contributed by atoms with Crippen LogP contribution in [0.4, 0.5) is 4.39 Å². The number of amides is 1. The van der Waals surface area contributed by atoms with Gasteiger partial charge >= 0.3 is 0 Å². The van der Waals surface area contributed by atoms with E-state index in [1.54, 1.807) is 36.7 Å². The van der Waals surface area contributed by atoms with Crippen LogP contribution in [0.15, 0.2) is 65.4 Å². The minimum Gasteiger partial charge on any atom is -0.339 e. The van der Waals surface area contributed by atoms with Crippen LogP contribution in [-0.4, -0.2) is 21.0 Å². The molecule has 0 aliphatic carbocycles. The lowest BCUT2D eigenvalue weighted by molar-refractivity contribution is 0.0918. The minimum absolute atomic E-state index is 0.0349. The average Bonchev–Trinajstić information content (AvgIpc) is 3.43. The van der Waals surface area contributed by atoms with E-state index in [1.807, 2.05) is 26.0 Å². The number of hydrogen-bond donors (Lipinski definition) is 1. The van der Waals surface area contributed by atoms with Gasteiger partial charge in [-0.15, -0.1) is 11.3 Å². The standard InChI is InChI=1S/C22H19FN4O2S/c1-13(2)19(22-26-20(27-29-22)15-4-3-11-24-12-15)25-21(28)18-10-9-17(30-18)14-5-7-16(23)8-6-14/h3-13,19H,1-2H3,(H,25,28). The SMILES string of the molecule is CC(C)C(NC(=O)c1ccc(-c2ccc(F)cc2)s1)c1nc(-c2cccnc2)no1. The fraction of sp³-hybridized carbons (Fsp3) is 0.182. The van der Waals surface area contributed by atoms with Crippen LogP contribution in [0, 0.1) is 11.7 Å². The molecule has 0 aliphatic rings. The Morgan fingerprint density at radius 2 is 1.90 bits per heavy atom. The number of pyridine rings is 1. The van der Waals surface area contributed by atoms with Crippen molar-refractivity contribution in [1.29, 1.82) is 0 Å². The molecule has 0 saturated heterocycles. The zero-order valence-corrected chi connectivity index (χ0v) is 17.2. The van der Waals surface area contributed by atoms with E-state index in [0.717, 1.165) is 16.0 Å². The maximum atomic E-state index is 13.1. The molecule has 8 heteroatoms. The number of benzene rings is 1. The number of carbonyl (C=O) groups excluding carboxylic acids is 1. The van der Waals surface area contributed by atoms with Crippen molar-refractivity contribution in [2.45, 2.75) is 19.9 Å². The predicted octanol–water partition coefficient (Wildman–Crippen LogP) is 5.13. The largest absolute Gasteiger partial charge is 0.339 e. The first-order valence-electron chi connectivity index (χ1n) is 9.42. The third-order valence-electron chi connectivity index (χ3n) is 4.54. The normalized spacial score (nSPS) is 12.1. The number of aromatic nitrogens is 3. The Bertz CT molecular complexity index is 1140. The number of hydrogen-bond acceptors (Lipinski definition) is 6. The summed E-state index contributed by atoms with van der Waals surface area (Å²) in [6.07, 6.45) is 3.32. The molecule has 152 valence electrons. The van der Waals surface area contributed by atoms with Crippen LogP contribution in [0.5, 0.6) is 0 Å². The van der Waals surface area contributed by atoms with E-state index < -0.39 is 6.04 Å². The molecule has 0 spiro atoms. The van der Waals surface area contributed by atoms with Gasteiger partial charge in [-0.05, 0) is 47.9 Å². The minimum atomic E-state index is -0.438. The molecular weight excluding hydrogens is 403 g/mol. The Labute approximate surface area is 176 Å². The Morgan fingerprint density at radius 3 is 2.60 bits per heavy atom. The van der Waals surface area contributed by atoms with Crippen LogP contribution < -0.4 is 5.32 Å². The molecule has 1 N–H and O–H groups in total. The molecule has 3 aromatic heterocycles. The van der Waals surface area contributed by atoms with E-state index in [1.165, 1.54) is 23.5 Å². The van der Waals surface area contributed by atoms with Gasteiger partial charge < -0.3 is 9.84 Å². The molecule has 1 unspecified atom stereocenters. The predicted molar refractivity (Wildman–Crippen MR) is 112 cm³/mol. The fourth-order valence-electron chi connectivity index (χ4n) is 2.93. The van der Waals surface area contributed by atoms with Gasteiger partial charge in [0.15, 0.2) is 0 Å². The van der Waals surface area contributed by atoms with Gasteiger partial charge in [0.1, 0.15) is 11.9 Å². The Morgan fingerprint density at radius 1 is 1.10 bits per heavy atom. The summed E-state index contributed by atoms with van der Waals surface area (Å²) in [5, 5.41) is 7.00. The molecule has 4 aromatic rings. The first-order valence-corrected chi connectivity index (χ1v) is 10.2. The van der Waals surface area contributed by atoms with Crippen LogP contribution in [0.1, 0.15) is 35.5 Å². The maximum Gasteiger partial charge on any atom is 0.262 e. The highest BCUT2D eigenvalue weighted by atomic mass is 32.1. The first-order chi connectivity index (χ1) is 14.5. The highest BCUT2D eigenvalue weighted by Gasteiger charge is 2.26. The molecule has 4 rings (SSSR count). The van der Waals surface area contributed by atoms with Gasteiger partial charge in [-0.3, -0.25) is 9.78 Å². The lowest BCUT2D eigenvalue weighted by Gasteiger charge is -2.17. The van der Waals surface area contributed by atoms with E-state index >= 15 is 0 Å². The lowest BCUT2D eigenvalue weighted by Crippen LogP contribution is -2.31. The van der Waals surface area contributed by atoms with E-state index in [9.17, 15) is 9.18 Å². The number of nitrogens with zero attached hydrogens (tertiary/aromatic N) is 3. The van der Waals surface area contributed by atoms with Crippen molar-refractivity contribution in [2.75, 3.05) is 0 Å². The van der Waals surface area contributed by atoms with Gasteiger partial charge in [0.25, 0.3) is 5.91 Å². The molecule has 0 radical (unpaired) electrons. The topological polar surface area (TPSA) is 80.9 Å². The lowest BCUT2D eigenvalue weighted by atomic mass is 10.0. The molecule has 3 heterocycles. The van der Waals surface area contributed by atoms with Crippen molar-refractivity contribution < 1.29 is 13.7 Å². The van der Waals surface area contributed by atoms with Gasteiger partial charge in [0.2, 0.25) is 11.7 Å². The van der Waals surface area contributed by atoms with Crippen molar-refractivity contribution in [3.05, 3.63) is 77.5 Å². The van der Waals surface area contributed by atoms with Crippen LogP contribution in [0.25, 0.3) is 21.8 Å². The molecule has 30 heavy (non-hydrogen) atoms. The van der Waals surface area contributed by atoms with Crippen molar-refractivity contribution in [2.24, 2.45) is 5.92 Å². The number of rotatable bonds is 6. The number of carbonyl (C=O) groups is 1. The van der Waals surface area contributed by atoms with Gasteiger partial charge in [-0.25, -0.2) is 4.39 Å². The average molecular weight is 422 g/mol. The molecule has 0 aliphatic heterocycles. The van der Waals surface area contributed by atoms with Gasteiger partial charge in [0, 0.05) is 22.8 Å².